The average Bonchev–Trinajstić information content (AvgIpc) is 3.06. The lowest BCUT2D eigenvalue weighted by Gasteiger charge is -2.14. The van der Waals surface area contributed by atoms with Crippen LogP contribution in [0.1, 0.15) is 32.2 Å². The second kappa shape index (κ2) is 9.23. The molecule has 0 radical (unpaired) electrons. The monoisotopic (exact) mass is 395 g/mol. The zero-order valence-electron chi connectivity index (χ0n) is 17.0. The number of nitrogens with zero attached hydrogens (tertiary/aromatic N) is 3. The number of ether oxygens (including phenoxy) is 3. The molecule has 29 heavy (non-hydrogen) atoms. The number of hydrogen-bond acceptors (Lipinski definition) is 6. The van der Waals surface area contributed by atoms with E-state index in [1.54, 1.807) is 11.6 Å². The van der Waals surface area contributed by atoms with Gasteiger partial charge in [0, 0.05) is 0 Å². The molecule has 0 bridgehead atoms. The fourth-order valence-electron chi connectivity index (χ4n) is 2.68. The maximum absolute atomic E-state index is 12.2. The van der Waals surface area contributed by atoms with Crippen LogP contribution in [0.25, 0.3) is 5.69 Å². The van der Waals surface area contributed by atoms with Crippen molar-refractivity contribution in [3.05, 3.63) is 66.0 Å². The van der Waals surface area contributed by atoms with Crippen LogP contribution >= 0.6 is 0 Å². The van der Waals surface area contributed by atoms with Gasteiger partial charge in [-0.05, 0) is 45.4 Å². The third-order valence-electron chi connectivity index (χ3n) is 4.04. The molecule has 0 aliphatic heterocycles. The van der Waals surface area contributed by atoms with Crippen molar-refractivity contribution < 1.29 is 19.0 Å². The Bertz CT molecular complexity index is 954. The van der Waals surface area contributed by atoms with E-state index in [0.717, 1.165) is 11.3 Å². The predicted molar refractivity (Wildman–Crippen MR) is 108 cm³/mol. The SMILES string of the molecule is Cc1nc(OC(C)C(=O)OCc2ccccc2)nn1-c1ccccc1OC(C)C. The van der Waals surface area contributed by atoms with Gasteiger partial charge in [-0.15, -0.1) is 5.10 Å². The van der Waals surface area contributed by atoms with Crippen molar-refractivity contribution in [3.8, 4) is 17.4 Å². The number of rotatable bonds is 8. The number of esters is 1. The Morgan fingerprint density at radius 3 is 2.41 bits per heavy atom. The zero-order chi connectivity index (χ0) is 20.8. The largest absolute Gasteiger partial charge is 0.489 e. The lowest BCUT2D eigenvalue weighted by Crippen LogP contribution is -2.26. The number of carbonyl (C=O) groups is 1. The average molecular weight is 395 g/mol. The van der Waals surface area contributed by atoms with E-state index in [9.17, 15) is 4.79 Å². The Morgan fingerprint density at radius 2 is 1.69 bits per heavy atom. The smallest absolute Gasteiger partial charge is 0.347 e. The number of aryl methyl sites for hydroxylation is 1. The van der Waals surface area contributed by atoms with E-state index < -0.39 is 12.1 Å². The minimum absolute atomic E-state index is 0.0232. The molecule has 0 N–H and O–H groups in total. The van der Waals surface area contributed by atoms with E-state index in [2.05, 4.69) is 10.1 Å². The summed E-state index contributed by atoms with van der Waals surface area (Å²) in [6, 6.07) is 17.1. The molecule has 3 aromatic rings. The highest BCUT2D eigenvalue weighted by atomic mass is 16.6. The second-order valence-corrected chi connectivity index (χ2v) is 6.84. The van der Waals surface area contributed by atoms with Crippen LogP contribution in [0.2, 0.25) is 0 Å². The Morgan fingerprint density at radius 1 is 1.00 bits per heavy atom. The summed E-state index contributed by atoms with van der Waals surface area (Å²) in [5, 5.41) is 4.38. The molecule has 0 aliphatic rings. The predicted octanol–water partition coefficient (Wildman–Crippen LogP) is 3.87. The highest BCUT2D eigenvalue weighted by Crippen LogP contribution is 2.25. The van der Waals surface area contributed by atoms with Gasteiger partial charge < -0.3 is 14.2 Å². The number of hydrogen-bond donors (Lipinski definition) is 0. The highest BCUT2D eigenvalue weighted by molar-refractivity contribution is 5.74. The third-order valence-corrected chi connectivity index (χ3v) is 4.04. The normalized spacial score (nSPS) is 11.9. The Hall–Kier alpha value is -3.35. The van der Waals surface area contributed by atoms with Crippen molar-refractivity contribution in [1.82, 2.24) is 14.8 Å². The molecule has 7 nitrogen and oxygen atoms in total. The molecule has 7 heteroatoms. The van der Waals surface area contributed by atoms with Gasteiger partial charge in [0.1, 0.15) is 23.9 Å². The Labute approximate surface area is 170 Å². The molecule has 0 fully saturated rings. The first kappa shape index (κ1) is 20.4. The maximum Gasteiger partial charge on any atom is 0.347 e. The van der Waals surface area contributed by atoms with E-state index in [4.69, 9.17) is 14.2 Å². The van der Waals surface area contributed by atoms with Gasteiger partial charge in [0.2, 0.25) is 0 Å². The van der Waals surface area contributed by atoms with Crippen LogP contribution in [-0.2, 0) is 16.1 Å². The first-order valence-corrected chi connectivity index (χ1v) is 9.51. The minimum atomic E-state index is -0.837. The first-order chi connectivity index (χ1) is 13.9. The fourth-order valence-corrected chi connectivity index (χ4v) is 2.68. The van der Waals surface area contributed by atoms with Crippen LogP contribution in [-0.4, -0.2) is 32.9 Å². The van der Waals surface area contributed by atoms with E-state index in [1.165, 1.54) is 0 Å². The van der Waals surface area contributed by atoms with Crippen LogP contribution in [0, 0.1) is 6.92 Å². The van der Waals surface area contributed by atoms with Crippen molar-refractivity contribution in [2.75, 3.05) is 0 Å². The van der Waals surface area contributed by atoms with Gasteiger partial charge >= 0.3 is 12.0 Å². The van der Waals surface area contributed by atoms with Gasteiger partial charge in [0.25, 0.3) is 0 Å². The van der Waals surface area contributed by atoms with Crippen LogP contribution in [0.3, 0.4) is 0 Å². The van der Waals surface area contributed by atoms with Gasteiger partial charge in [0.15, 0.2) is 6.10 Å². The van der Waals surface area contributed by atoms with Crippen molar-refractivity contribution in [2.45, 2.75) is 46.5 Å². The first-order valence-electron chi connectivity index (χ1n) is 9.51. The molecule has 3 rings (SSSR count). The molecule has 0 amide bonds. The lowest BCUT2D eigenvalue weighted by molar-refractivity contribution is -0.152. The summed E-state index contributed by atoms with van der Waals surface area (Å²) < 4.78 is 18.4. The highest BCUT2D eigenvalue weighted by Gasteiger charge is 2.20. The number of carbonyl (C=O) groups excluding carboxylic acids is 1. The summed E-state index contributed by atoms with van der Waals surface area (Å²) in [7, 11) is 0. The third kappa shape index (κ3) is 5.34. The second-order valence-electron chi connectivity index (χ2n) is 6.84. The van der Waals surface area contributed by atoms with E-state index in [1.807, 2.05) is 75.4 Å². The molecule has 2 aromatic carbocycles. The molecule has 0 saturated heterocycles. The quantitative estimate of drug-likeness (QED) is 0.539. The van der Waals surface area contributed by atoms with Crippen molar-refractivity contribution >= 4 is 5.97 Å². The van der Waals surface area contributed by atoms with Gasteiger partial charge in [-0.1, -0.05) is 42.5 Å². The molecule has 1 atom stereocenters. The van der Waals surface area contributed by atoms with E-state index in [-0.39, 0.29) is 18.7 Å². The molecular formula is C22H25N3O4. The zero-order valence-corrected chi connectivity index (χ0v) is 17.0. The summed E-state index contributed by atoms with van der Waals surface area (Å²) in [6.45, 7) is 7.53. The molecule has 1 unspecified atom stereocenters. The summed E-state index contributed by atoms with van der Waals surface area (Å²) in [5.41, 5.74) is 1.66. The summed E-state index contributed by atoms with van der Waals surface area (Å²) >= 11 is 0. The van der Waals surface area contributed by atoms with Crippen molar-refractivity contribution in [1.29, 1.82) is 0 Å². The van der Waals surface area contributed by atoms with E-state index in [0.29, 0.717) is 11.6 Å². The van der Waals surface area contributed by atoms with Gasteiger partial charge in [-0.2, -0.15) is 4.98 Å². The van der Waals surface area contributed by atoms with Crippen molar-refractivity contribution in [3.63, 3.8) is 0 Å². The lowest BCUT2D eigenvalue weighted by atomic mass is 10.2. The van der Waals surface area contributed by atoms with Crippen molar-refractivity contribution in [2.24, 2.45) is 0 Å². The molecule has 1 heterocycles. The van der Waals surface area contributed by atoms with Gasteiger partial charge in [0.05, 0.1) is 6.10 Å². The van der Waals surface area contributed by atoms with Gasteiger partial charge in [-0.3, -0.25) is 0 Å². The van der Waals surface area contributed by atoms with Gasteiger partial charge in [-0.25, -0.2) is 9.48 Å². The number of aromatic nitrogens is 3. The Kier molecular flexibility index (Phi) is 6.49. The molecule has 0 spiro atoms. The van der Waals surface area contributed by atoms with Crippen LogP contribution < -0.4 is 9.47 Å². The van der Waals surface area contributed by atoms with Crippen LogP contribution in [0.5, 0.6) is 11.8 Å². The molecule has 0 aliphatic carbocycles. The maximum atomic E-state index is 12.2. The number of benzene rings is 2. The fraction of sp³-hybridized carbons (Fsp3) is 0.318. The molecule has 1 aromatic heterocycles. The Balaban J connectivity index is 1.68. The summed E-state index contributed by atoms with van der Waals surface area (Å²) in [6.07, 6.45) is -0.814. The minimum Gasteiger partial charge on any atom is -0.489 e. The number of para-hydroxylation sites is 2. The van der Waals surface area contributed by atoms with E-state index >= 15 is 0 Å². The molecular weight excluding hydrogens is 370 g/mol. The standard InChI is InChI=1S/C22H25N3O4/c1-15(2)28-20-13-9-8-12-19(20)25-17(4)23-22(24-25)29-16(3)21(26)27-14-18-10-6-5-7-11-18/h5-13,15-16H,14H2,1-4H3. The molecule has 0 saturated carbocycles. The van der Waals surface area contributed by atoms with Crippen LogP contribution in [0.15, 0.2) is 54.6 Å². The summed E-state index contributed by atoms with van der Waals surface area (Å²) in [5.74, 6) is 0.827. The molecule has 152 valence electrons. The summed E-state index contributed by atoms with van der Waals surface area (Å²) in [4.78, 5) is 16.5. The van der Waals surface area contributed by atoms with Crippen LogP contribution in [0.4, 0.5) is 0 Å². The topological polar surface area (TPSA) is 75.5 Å².